The van der Waals surface area contributed by atoms with Gasteiger partial charge in [0.05, 0.1) is 12.6 Å². The van der Waals surface area contributed by atoms with Crippen molar-refractivity contribution in [1.82, 2.24) is 4.90 Å². The first-order valence-electron chi connectivity index (χ1n) is 11.8. The standard InChI is InChI=1S/C27H40N2O3/c1-5-31-26(32-6-2)20-29(27(30)25(28)19-21(3)4)18-17-24(22-13-9-7-10-14-22)23-15-11-8-12-16-23/h7-16,21,24-26H,5-6,17-20,28H2,1-4H3/t25-/m0/s1. The van der Waals surface area contributed by atoms with Gasteiger partial charge in [-0.2, -0.15) is 0 Å². The molecule has 2 N–H and O–H groups in total. The van der Waals surface area contributed by atoms with Gasteiger partial charge >= 0.3 is 0 Å². The minimum absolute atomic E-state index is 0.0389. The molecule has 0 aliphatic carbocycles. The van der Waals surface area contributed by atoms with Gasteiger partial charge in [-0.1, -0.05) is 74.5 Å². The maximum absolute atomic E-state index is 13.3. The third-order valence-corrected chi connectivity index (χ3v) is 5.52. The summed E-state index contributed by atoms with van der Waals surface area (Å²) in [4.78, 5) is 15.1. The SMILES string of the molecule is CCOC(CN(CCC(c1ccccc1)c1ccccc1)C(=O)[C@@H](N)CC(C)C)OCC. The maximum atomic E-state index is 13.3. The third kappa shape index (κ3) is 8.38. The van der Waals surface area contributed by atoms with Crippen LogP contribution in [0.25, 0.3) is 0 Å². The van der Waals surface area contributed by atoms with Crippen LogP contribution in [0.3, 0.4) is 0 Å². The van der Waals surface area contributed by atoms with Crippen LogP contribution < -0.4 is 5.73 Å². The second-order valence-corrected chi connectivity index (χ2v) is 8.52. The summed E-state index contributed by atoms with van der Waals surface area (Å²) < 4.78 is 11.5. The molecule has 0 fully saturated rings. The molecule has 0 bridgehead atoms. The van der Waals surface area contributed by atoms with Crippen LogP contribution in [-0.4, -0.2) is 49.4 Å². The first-order chi connectivity index (χ1) is 15.5. The van der Waals surface area contributed by atoms with Crippen molar-refractivity contribution in [3.05, 3.63) is 71.8 Å². The highest BCUT2D eigenvalue weighted by molar-refractivity contribution is 5.81. The lowest BCUT2D eigenvalue weighted by Crippen LogP contribution is -2.48. The Kier molecular flexibility index (Phi) is 11.4. The molecule has 0 aliphatic heterocycles. The van der Waals surface area contributed by atoms with Crippen LogP contribution in [0.2, 0.25) is 0 Å². The molecular formula is C27H40N2O3. The Bertz CT molecular complexity index is 721. The van der Waals surface area contributed by atoms with E-state index in [1.807, 2.05) is 30.9 Å². The van der Waals surface area contributed by atoms with Gasteiger partial charge in [0, 0.05) is 25.7 Å². The van der Waals surface area contributed by atoms with Gasteiger partial charge in [0.1, 0.15) is 0 Å². The Morgan fingerprint density at radius 1 is 0.906 bits per heavy atom. The zero-order valence-electron chi connectivity index (χ0n) is 20.1. The van der Waals surface area contributed by atoms with Crippen molar-refractivity contribution < 1.29 is 14.3 Å². The second-order valence-electron chi connectivity index (χ2n) is 8.52. The van der Waals surface area contributed by atoms with E-state index >= 15 is 0 Å². The highest BCUT2D eigenvalue weighted by atomic mass is 16.7. The van der Waals surface area contributed by atoms with E-state index in [0.717, 1.165) is 6.42 Å². The Balaban J connectivity index is 2.23. The maximum Gasteiger partial charge on any atom is 0.239 e. The highest BCUT2D eigenvalue weighted by Gasteiger charge is 2.26. The normalized spacial score (nSPS) is 12.5. The monoisotopic (exact) mass is 440 g/mol. The van der Waals surface area contributed by atoms with Crippen molar-refractivity contribution in [3.8, 4) is 0 Å². The largest absolute Gasteiger partial charge is 0.351 e. The zero-order valence-corrected chi connectivity index (χ0v) is 20.1. The predicted molar refractivity (Wildman–Crippen MR) is 130 cm³/mol. The molecule has 0 saturated heterocycles. The van der Waals surface area contributed by atoms with Crippen molar-refractivity contribution >= 4 is 5.91 Å². The zero-order chi connectivity index (χ0) is 23.3. The lowest BCUT2D eigenvalue weighted by Gasteiger charge is -2.31. The first-order valence-corrected chi connectivity index (χ1v) is 11.8. The van der Waals surface area contributed by atoms with Crippen LogP contribution in [0.15, 0.2) is 60.7 Å². The van der Waals surface area contributed by atoms with Crippen LogP contribution in [-0.2, 0) is 14.3 Å². The Hall–Kier alpha value is -2.21. The molecule has 0 unspecified atom stereocenters. The van der Waals surface area contributed by atoms with Gasteiger partial charge < -0.3 is 20.1 Å². The summed E-state index contributed by atoms with van der Waals surface area (Å²) in [6.45, 7) is 10.1. The Labute approximate surface area is 193 Å². The summed E-state index contributed by atoms with van der Waals surface area (Å²) in [7, 11) is 0. The van der Waals surface area contributed by atoms with E-state index in [-0.39, 0.29) is 11.8 Å². The molecular weight excluding hydrogens is 400 g/mol. The van der Waals surface area contributed by atoms with Crippen LogP contribution in [0.5, 0.6) is 0 Å². The number of carbonyl (C=O) groups excluding carboxylic acids is 1. The molecule has 0 aliphatic rings. The summed E-state index contributed by atoms with van der Waals surface area (Å²) >= 11 is 0. The molecule has 1 amide bonds. The lowest BCUT2D eigenvalue weighted by molar-refractivity contribution is -0.159. The van der Waals surface area contributed by atoms with Crippen LogP contribution in [0.1, 0.15) is 57.6 Å². The van der Waals surface area contributed by atoms with Gasteiger partial charge in [-0.15, -0.1) is 0 Å². The molecule has 0 aromatic heterocycles. The minimum atomic E-state index is -0.522. The molecule has 2 aromatic rings. The summed E-state index contributed by atoms with van der Waals surface area (Å²) in [6, 6.07) is 20.4. The van der Waals surface area contributed by atoms with Gasteiger partial charge in [0.25, 0.3) is 0 Å². The number of ether oxygens (including phenoxy) is 2. The molecule has 0 heterocycles. The second kappa shape index (κ2) is 14.0. The molecule has 5 heteroatoms. The third-order valence-electron chi connectivity index (χ3n) is 5.52. The Morgan fingerprint density at radius 3 is 1.84 bits per heavy atom. The van der Waals surface area contributed by atoms with Crippen molar-refractivity contribution in [2.24, 2.45) is 11.7 Å². The van der Waals surface area contributed by atoms with E-state index in [4.69, 9.17) is 15.2 Å². The average Bonchev–Trinajstić information content (AvgIpc) is 2.79. The van der Waals surface area contributed by atoms with Gasteiger partial charge in [-0.25, -0.2) is 0 Å². The molecule has 32 heavy (non-hydrogen) atoms. The first kappa shape index (κ1) is 26.0. The van der Waals surface area contributed by atoms with Crippen molar-refractivity contribution in [1.29, 1.82) is 0 Å². The van der Waals surface area contributed by atoms with Crippen molar-refractivity contribution in [2.45, 2.75) is 58.8 Å². The molecule has 176 valence electrons. The molecule has 5 nitrogen and oxygen atoms in total. The van der Waals surface area contributed by atoms with Crippen LogP contribution >= 0.6 is 0 Å². The van der Waals surface area contributed by atoms with Crippen molar-refractivity contribution in [2.75, 3.05) is 26.3 Å². The highest BCUT2D eigenvalue weighted by Crippen LogP contribution is 2.28. The molecule has 0 saturated carbocycles. The molecule has 2 rings (SSSR count). The number of carbonyl (C=O) groups is 1. The number of amides is 1. The Morgan fingerprint density at radius 2 is 1.41 bits per heavy atom. The van der Waals surface area contributed by atoms with Gasteiger partial charge in [0.15, 0.2) is 6.29 Å². The fraction of sp³-hybridized carbons (Fsp3) is 0.519. The van der Waals surface area contributed by atoms with Crippen molar-refractivity contribution in [3.63, 3.8) is 0 Å². The van der Waals surface area contributed by atoms with E-state index in [0.29, 0.717) is 38.6 Å². The van der Waals surface area contributed by atoms with Gasteiger partial charge in [-0.05, 0) is 43.7 Å². The van der Waals surface area contributed by atoms with E-state index in [9.17, 15) is 4.79 Å². The van der Waals surface area contributed by atoms with E-state index in [1.54, 1.807) is 0 Å². The fourth-order valence-corrected chi connectivity index (χ4v) is 4.02. The molecule has 0 spiro atoms. The predicted octanol–water partition coefficient (Wildman–Crippen LogP) is 4.81. The smallest absolute Gasteiger partial charge is 0.239 e. The number of rotatable bonds is 14. The fourth-order valence-electron chi connectivity index (χ4n) is 4.02. The lowest BCUT2D eigenvalue weighted by atomic mass is 9.88. The van der Waals surface area contributed by atoms with Crippen LogP contribution in [0, 0.1) is 5.92 Å². The summed E-state index contributed by atoms with van der Waals surface area (Å²) in [5.41, 5.74) is 8.78. The number of nitrogens with zero attached hydrogens (tertiary/aromatic N) is 1. The number of nitrogens with two attached hydrogens (primary N) is 1. The molecule has 2 aromatic carbocycles. The molecule has 0 radical (unpaired) electrons. The number of hydrogen-bond donors (Lipinski definition) is 1. The van der Waals surface area contributed by atoms with Crippen LogP contribution in [0.4, 0.5) is 0 Å². The average molecular weight is 441 g/mol. The number of hydrogen-bond acceptors (Lipinski definition) is 4. The van der Waals surface area contributed by atoms with E-state index in [2.05, 4.69) is 62.4 Å². The molecule has 1 atom stereocenters. The van der Waals surface area contributed by atoms with E-state index < -0.39 is 12.3 Å². The topological polar surface area (TPSA) is 64.8 Å². The summed E-state index contributed by atoms with van der Waals surface area (Å²) in [6.07, 6.45) is 0.996. The quantitative estimate of drug-likeness (QED) is 0.428. The minimum Gasteiger partial charge on any atom is -0.351 e. The van der Waals surface area contributed by atoms with Gasteiger partial charge in [0.2, 0.25) is 5.91 Å². The summed E-state index contributed by atoms with van der Waals surface area (Å²) in [5.74, 6) is 0.501. The van der Waals surface area contributed by atoms with Gasteiger partial charge in [-0.3, -0.25) is 4.79 Å². The van der Waals surface area contributed by atoms with E-state index in [1.165, 1.54) is 11.1 Å². The number of benzene rings is 2. The summed E-state index contributed by atoms with van der Waals surface area (Å²) in [5, 5.41) is 0.